The minimum absolute atomic E-state index is 0.0360. The average Bonchev–Trinajstić information content (AvgIpc) is 2.90. The lowest BCUT2D eigenvalue weighted by molar-refractivity contribution is 0.0938. The van der Waals surface area contributed by atoms with Crippen LogP contribution in [-0.4, -0.2) is 33.6 Å². The first-order valence-electron chi connectivity index (χ1n) is 5.90. The number of halogens is 2. The molecule has 0 fully saturated rings. The number of hydrogen-bond acceptors (Lipinski definition) is 6. The number of carbonyl (C=O) groups excluding carboxylic acids is 1. The van der Waals surface area contributed by atoms with E-state index in [0.717, 1.165) is 23.9 Å². The van der Waals surface area contributed by atoms with Crippen LogP contribution in [0, 0.1) is 11.6 Å². The molecule has 2 rings (SSSR count). The molecule has 0 aliphatic rings. The molecule has 21 heavy (non-hydrogen) atoms. The number of aliphatic hydroxyl groups excluding tert-OH is 1. The second kappa shape index (κ2) is 7.14. The minimum atomic E-state index is -0.947. The molecule has 0 saturated heterocycles. The number of nitrogens with one attached hydrogen (secondary N) is 1. The smallest absolute Gasteiger partial charge is 0.276 e. The third kappa shape index (κ3) is 3.99. The molecule has 0 atom stereocenters. The summed E-state index contributed by atoms with van der Waals surface area (Å²) in [5, 5.41) is 18.5. The van der Waals surface area contributed by atoms with E-state index in [2.05, 4.69) is 15.5 Å². The summed E-state index contributed by atoms with van der Waals surface area (Å²) in [5.74, 6) is -2.31. The third-order valence-corrected chi connectivity index (χ3v) is 3.15. The zero-order chi connectivity index (χ0) is 15.2. The van der Waals surface area contributed by atoms with Crippen LogP contribution in [0.4, 0.5) is 8.78 Å². The van der Waals surface area contributed by atoms with E-state index in [9.17, 15) is 13.6 Å². The minimum Gasteiger partial charge on any atom is -0.414 e. The van der Waals surface area contributed by atoms with Crippen molar-refractivity contribution in [3.63, 3.8) is 0 Å². The van der Waals surface area contributed by atoms with Crippen LogP contribution in [0.5, 0.6) is 0 Å². The fourth-order valence-electron chi connectivity index (χ4n) is 1.46. The zero-order valence-corrected chi connectivity index (χ0v) is 11.5. The fraction of sp³-hybridized carbons (Fsp3) is 0.250. The predicted octanol–water partition coefficient (Wildman–Crippen LogP) is 1.36. The molecule has 1 aromatic carbocycles. The molecule has 6 nitrogen and oxygen atoms in total. The maximum absolute atomic E-state index is 13.4. The maximum atomic E-state index is 13.4. The van der Waals surface area contributed by atoms with Gasteiger partial charge in [-0.05, 0) is 12.1 Å². The molecule has 0 radical (unpaired) electrons. The molecule has 0 aliphatic heterocycles. The van der Waals surface area contributed by atoms with E-state index >= 15 is 0 Å². The number of rotatable bonds is 6. The number of benzene rings is 1. The average molecular weight is 315 g/mol. The Kier molecular flexibility index (Phi) is 5.23. The Labute approximate surface area is 122 Å². The molecule has 0 unspecified atom stereocenters. The first kappa shape index (κ1) is 15.4. The normalized spacial score (nSPS) is 10.6. The summed E-state index contributed by atoms with van der Waals surface area (Å²) in [5.41, 5.74) is -0.660. The molecule has 0 saturated carbocycles. The van der Waals surface area contributed by atoms with Crippen molar-refractivity contribution in [3.05, 3.63) is 41.3 Å². The highest BCUT2D eigenvalue weighted by molar-refractivity contribution is 7.99. The highest BCUT2D eigenvalue weighted by Crippen LogP contribution is 2.15. The molecule has 0 spiro atoms. The summed E-state index contributed by atoms with van der Waals surface area (Å²) in [7, 11) is 0. The van der Waals surface area contributed by atoms with Crippen LogP contribution in [0.1, 0.15) is 16.2 Å². The van der Waals surface area contributed by atoms with Gasteiger partial charge >= 0.3 is 0 Å². The Morgan fingerprint density at radius 1 is 1.33 bits per heavy atom. The van der Waals surface area contributed by atoms with Crippen LogP contribution < -0.4 is 5.32 Å². The fourth-order valence-corrected chi connectivity index (χ4v) is 1.98. The summed E-state index contributed by atoms with van der Waals surface area (Å²) < 4.78 is 31.9. The number of thioether (sulfide) groups is 1. The molecule has 1 amide bonds. The van der Waals surface area contributed by atoms with Crippen molar-refractivity contribution in [1.82, 2.24) is 15.5 Å². The largest absolute Gasteiger partial charge is 0.414 e. The van der Waals surface area contributed by atoms with Gasteiger partial charge in [0.05, 0.1) is 13.2 Å². The molecule has 9 heteroatoms. The van der Waals surface area contributed by atoms with E-state index < -0.39 is 23.1 Å². The first-order chi connectivity index (χ1) is 10.1. The van der Waals surface area contributed by atoms with Gasteiger partial charge in [0.15, 0.2) is 0 Å². The van der Waals surface area contributed by atoms with Crippen LogP contribution in [0.2, 0.25) is 0 Å². The first-order valence-corrected chi connectivity index (χ1v) is 6.88. The van der Waals surface area contributed by atoms with Crippen LogP contribution in [0.3, 0.4) is 0 Å². The van der Waals surface area contributed by atoms with Gasteiger partial charge in [0.1, 0.15) is 17.2 Å². The van der Waals surface area contributed by atoms with E-state index in [1.165, 1.54) is 6.07 Å². The molecular weight excluding hydrogens is 304 g/mol. The Balaban J connectivity index is 1.96. The molecule has 0 bridgehead atoms. The van der Waals surface area contributed by atoms with Gasteiger partial charge in [-0.2, -0.15) is 0 Å². The van der Waals surface area contributed by atoms with Crippen LogP contribution in [0.15, 0.2) is 27.8 Å². The van der Waals surface area contributed by atoms with Gasteiger partial charge in [-0.15, -0.1) is 10.2 Å². The zero-order valence-electron chi connectivity index (χ0n) is 10.7. The molecule has 112 valence electrons. The lowest BCUT2D eigenvalue weighted by atomic mass is 10.2. The van der Waals surface area contributed by atoms with Crippen molar-refractivity contribution in [2.24, 2.45) is 0 Å². The second-order valence-electron chi connectivity index (χ2n) is 3.81. The monoisotopic (exact) mass is 315 g/mol. The van der Waals surface area contributed by atoms with Gasteiger partial charge in [0.2, 0.25) is 5.89 Å². The Bertz CT molecular complexity index is 616. The van der Waals surface area contributed by atoms with Crippen molar-refractivity contribution in [2.75, 3.05) is 12.4 Å². The molecular formula is C12H11F2N3O3S. The standard InChI is InChI=1S/C12H11F2N3O3S/c13-7-2-1-3-8(14)10(7)11(19)15-6-9-16-17-12(20-9)21-5-4-18/h1-3,18H,4-6H2,(H,15,19). The second-order valence-corrected chi connectivity index (χ2v) is 4.86. The van der Waals surface area contributed by atoms with Gasteiger partial charge in [-0.1, -0.05) is 17.8 Å². The number of hydrogen-bond donors (Lipinski definition) is 2. The Morgan fingerprint density at radius 2 is 2.05 bits per heavy atom. The number of aliphatic hydroxyl groups is 1. The highest BCUT2D eigenvalue weighted by atomic mass is 32.2. The maximum Gasteiger partial charge on any atom is 0.276 e. The van der Waals surface area contributed by atoms with Crippen molar-refractivity contribution < 1.29 is 23.1 Å². The molecule has 1 aromatic heterocycles. The van der Waals surface area contributed by atoms with Crippen LogP contribution >= 0.6 is 11.8 Å². The number of carbonyl (C=O) groups is 1. The van der Waals surface area contributed by atoms with Crippen molar-refractivity contribution >= 4 is 17.7 Å². The summed E-state index contributed by atoms with van der Waals surface area (Å²) in [6.45, 7) is -0.190. The van der Waals surface area contributed by atoms with Crippen molar-refractivity contribution in [3.8, 4) is 0 Å². The van der Waals surface area contributed by atoms with E-state index in [0.29, 0.717) is 5.75 Å². The van der Waals surface area contributed by atoms with Gasteiger partial charge in [0.25, 0.3) is 11.1 Å². The number of aromatic nitrogens is 2. The topological polar surface area (TPSA) is 88.2 Å². The lowest BCUT2D eigenvalue weighted by Crippen LogP contribution is -2.25. The predicted molar refractivity (Wildman–Crippen MR) is 69.6 cm³/mol. The van der Waals surface area contributed by atoms with Gasteiger partial charge in [-0.25, -0.2) is 8.78 Å². The SMILES string of the molecule is O=C(NCc1nnc(SCCO)o1)c1c(F)cccc1F. The molecule has 2 N–H and O–H groups in total. The van der Waals surface area contributed by atoms with Crippen LogP contribution in [0.25, 0.3) is 0 Å². The summed E-state index contributed by atoms with van der Waals surface area (Å²) in [4.78, 5) is 11.7. The number of amides is 1. The van der Waals surface area contributed by atoms with Crippen LogP contribution in [-0.2, 0) is 6.54 Å². The van der Waals surface area contributed by atoms with Gasteiger partial charge in [0, 0.05) is 5.75 Å². The quantitative estimate of drug-likeness (QED) is 0.783. The molecule has 2 aromatic rings. The lowest BCUT2D eigenvalue weighted by Gasteiger charge is -2.04. The van der Waals surface area contributed by atoms with E-state index in [1.807, 2.05) is 0 Å². The van der Waals surface area contributed by atoms with E-state index in [-0.39, 0.29) is 24.3 Å². The van der Waals surface area contributed by atoms with E-state index in [4.69, 9.17) is 9.52 Å². The molecule has 1 heterocycles. The van der Waals surface area contributed by atoms with Crippen molar-refractivity contribution in [2.45, 2.75) is 11.8 Å². The van der Waals surface area contributed by atoms with Gasteiger partial charge < -0.3 is 14.8 Å². The summed E-state index contributed by atoms with van der Waals surface area (Å²) in [6, 6.07) is 3.16. The number of nitrogens with zero attached hydrogens (tertiary/aromatic N) is 2. The Hall–Kier alpha value is -2.00. The summed E-state index contributed by atoms with van der Waals surface area (Å²) in [6.07, 6.45) is 0. The third-order valence-electron chi connectivity index (χ3n) is 2.36. The van der Waals surface area contributed by atoms with Crippen molar-refractivity contribution in [1.29, 1.82) is 0 Å². The van der Waals surface area contributed by atoms with Gasteiger partial charge in [-0.3, -0.25) is 4.79 Å². The highest BCUT2D eigenvalue weighted by Gasteiger charge is 2.17. The molecule has 0 aliphatic carbocycles. The Morgan fingerprint density at radius 3 is 2.71 bits per heavy atom. The van der Waals surface area contributed by atoms with E-state index in [1.54, 1.807) is 0 Å². The summed E-state index contributed by atoms with van der Waals surface area (Å²) >= 11 is 1.15.